The quantitative estimate of drug-likeness (QED) is 0.507. The van der Waals surface area contributed by atoms with Crippen LogP contribution in [0.3, 0.4) is 0 Å². The van der Waals surface area contributed by atoms with Crippen molar-refractivity contribution in [3.05, 3.63) is 36.9 Å². The average molecular weight is 149 g/mol. The summed E-state index contributed by atoms with van der Waals surface area (Å²) < 4.78 is 0. The second-order valence-corrected chi connectivity index (χ2v) is 2.17. The molecule has 58 valence electrons. The van der Waals surface area contributed by atoms with Crippen LogP contribution in [0.15, 0.2) is 31.4 Å². The lowest BCUT2D eigenvalue weighted by Crippen LogP contribution is -2.12. The van der Waals surface area contributed by atoms with Crippen molar-refractivity contribution < 1.29 is 0 Å². The maximum atomic E-state index is 3.89. The molecule has 0 aliphatic heterocycles. The van der Waals surface area contributed by atoms with Gasteiger partial charge in [0, 0.05) is 31.0 Å². The fourth-order valence-corrected chi connectivity index (χ4v) is 0.740. The van der Waals surface area contributed by atoms with E-state index in [2.05, 4.69) is 21.9 Å². The molecule has 0 spiro atoms. The molecule has 0 atom stereocenters. The zero-order valence-electron chi connectivity index (χ0n) is 6.33. The van der Waals surface area contributed by atoms with Crippen LogP contribution in [0.4, 0.5) is 0 Å². The van der Waals surface area contributed by atoms with E-state index in [1.54, 1.807) is 12.4 Å². The molecule has 0 aliphatic carbocycles. The van der Waals surface area contributed by atoms with Gasteiger partial charge in [0.25, 0.3) is 0 Å². The molecule has 0 saturated carbocycles. The van der Waals surface area contributed by atoms with E-state index in [1.807, 2.05) is 6.08 Å². The van der Waals surface area contributed by atoms with Crippen molar-refractivity contribution in [3.8, 4) is 0 Å². The molecule has 1 rings (SSSR count). The van der Waals surface area contributed by atoms with E-state index in [1.165, 1.54) is 6.33 Å². The zero-order chi connectivity index (χ0) is 7.94. The fourth-order valence-electron chi connectivity index (χ4n) is 0.740. The lowest BCUT2D eigenvalue weighted by molar-refractivity contribution is 0.753. The first-order valence-corrected chi connectivity index (χ1v) is 3.49. The van der Waals surface area contributed by atoms with Crippen molar-refractivity contribution >= 4 is 0 Å². The minimum Gasteiger partial charge on any atom is -0.309 e. The van der Waals surface area contributed by atoms with Gasteiger partial charge in [0.05, 0.1) is 0 Å². The summed E-state index contributed by atoms with van der Waals surface area (Å²) in [5, 5.41) is 3.15. The number of hydrogen-bond acceptors (Lipinski definition) is 3. The van der Waals surface area contributed by atoms with Crippen molar-refractivity contribution in [3.63, 3.8) is 0 Å². The number of nitrogens with one attached hydrogen (secondary N) is 1. The highest BCUT2D eigenvalue weighted by Gasteiger charge is 1.88. The molecule has 1 aromatic rings. The number of hydrogen-bond donors (Lipinski definition) is 1. The molecule has 1 aromatic heterocycles. The lowest BCUT2D eigenvalue weighted by atomic mass is 10.3. The van der Waals surface area contributed by atoms with Gasteiger partial charge in [-0.05, 0) is 0 Å². The van der Waals surface area contributed by atoms with Crippen LogP contribution in [0.1, 0.15) is 5.56 Å². The number of nitrogens with zero attached hydrogens (tertiary/aromatic N) is 2. The summed E-state index contributed by atoms with van der Waals surface area (Å²) in [6.07, 6.45) is 6.94. The normalized spacial score (nSPS) is 9.45. The summed E-state index contributed by atoms with van der Waals surface area (Å²) >= 11 is 0. The third-order valence-electron chi connectivity index (χ3n) is 1.23. The summed E-state index contributed by atoms with van der Waals surface area (Å²) in [6.45, 7) is 5.21. The van der Waals surface area contributed by atoms with Crippen LogP contribution in [-0.4, -0.2) is 16.5 Å². The van der Waals surface area contributed by atoms with Gasteiger partial charge in [0.2, 0.25) is 0 Å². The topological polar surface area (TPSA) is 37.8 Å². The summed E-state index contributed by atoms with van der Waals surface area (Å²) in [7, 11) is 0. The van der Waals surface area contributed by atoms with Crippen LogP contribution in [0.25, 0.3) is 0 Å². The predicted octanol–water partition coefficient (Wildman–Crippen LogP) is 0.752. The number of aromatic nitrogens is 2. The highest BCUT2D eigenvalue weighted by Crippen LogP contribution is 1.90. The van der Waals surface area contributed by atoms with E-state index in [9.17, 15) is 0 Å². The molecular formula is C8H11N3. The monoisotopic (exact) mass is 149 g/mol. The van der Waals surface area contributed by atoms with Crippen molar-refractivity contribution in [2.45, 2.75) is 6.54 Å². The maximum Gasteiger partial charge on any atom is 0.115 e. The molecule has 1 N–H and O–H groups in total. The Bertz CT molecular complexity index is 208. The molecule has 3 heteroatoms. The van der Waals surface area contributed by atoms with Gasteiger partial charge in [-0.1, -0.05) is 6.08 Å². The van der Waals surface area contributed by atoms with Crippen molar-refractivity contribution in [2.24, 2.45) is 0 Å². The minimum atomic E-state index is 0.798. The Hall–Kier alpha value is -1.22. The first-order chi connectivity index (χ1) is 5.43. The Kier molecular flexibility index (Phi) is 3.28. The molecule has 0 radical (unpaired) electrons. The van der Waals surface area contributed by atoms with Crippen LogP contribution in [-0.2, 0) is 6.54 Å². The minimum absolute atomic E-state index is 0.798. The molecule has 0 aliphatic rings. The van der Waals surface area contributed by atoms with Crippen molar-refractivity contribution in [2.75, 3.05) is 6.54 Å². The molecule has 11 heavy (non-hydrogen) atoms. The standard InChI is InChI=1S/C8H11N3/c1-2-3-9-4-8-5-10-7-11-6-8/h2,5-7,9H,1,3-4H2. The van der Waals surface area contributed by atoms with Crippen LogP contribution < -0.4 is 5.32 Å². The summed E-state index contributed by atoms with van der Waals surface area (Å²) in [5.41, 5.74) is 1.09. The van der Waals surface area contributed by atoms with Crippen LogP contribution >= 0.6 is 0 Å². The second kappa shape index (κ2) is 4.57. The lowest BCUT2D eigenvalue weighted by Gasteiger charge is -1.98. The first-order valence-electron chi connectivity index (χ1n) is 3.49. The van der Waals surface area contributed by atoms with Crippen LogP contribution in [0.5, 0.6) is 0 Å². The highest BCUT2D eigenvalue weighted by molar-refractivity contribution is 5.01. The highest BCUT2D eigenvalue weighted by atomic mass is 14.9. The molecule has 3 nitrogen and oxygen atoms in total. The predicted molar refractivity (Wildman–Crippen MR) is 43.9 cm³/mol. The average Bonchev–Trinajstić information content (AvgIpc) is 2.07. The third kappa shape index (κ3) is 2.91. The van der Waals surface area contributed by atoms with Gasteiger partial charge >= 0.3 is 0 Å². The SMILES string of the molecule is C=CCNCc1cncnc1. The summed E-state index contributed by atoms with van der Waals surface area (Å²) in [5.74, 6) is 0. The van der Waals surface area contributed by atoms with E-state index in [4.69, 9.17) is 0 Å². The Morgan fingerprint density at radius 2 is 2.18 bits per heavy atom. The largest absolute Gasteiger partial charge is 0.309 e. The molecular weight excluding hydrogens is 138 g/mol. The number of rotatable bonds is 4. The van der Waals surface area contributed by atoms with Gasteiger partial charge in [-0.3, -0.25) is 0 Å². The first kappa shape index (κ1) is 7.88. The van der Waals surface area contributed by atoms with E-state index < -0.39 is 0 Å². The van der Waals surface area contributed by atoms with Gasteiger partial charge in [0.15, 0.2) is 0 Å². The van der Waals surface area contributed by atoms with E-state index >= 15 is 0 Å². The third-order valence-corrected chi connectivity index (χ3v) is 1.23. The fraction of sp³-hybridized carbons (Fsp3) is 0.250. The van der Waals surface area contributed by atoms with Crippen LogP contribution in [0, 0.1) is 0 Å². The Labute approximate surface area is 66.2 Å². The zero-order valence-corrected chi connectivity index (χ0v) is 6.33. The van der Waals surface area contributed by atoms with E-state index in [0.717, 1.165) is 18.7 Å². The van der Waals surface area contributed by atoms with Gasteiger partial charge in [-0.15, -0.1) is 6.58 Å². The van der Waals surface area contributed by atoms with Crippen molar-refractivity contribution in [1.29, 1.82) is 0 Å². The van der Waals surface area contributed by atoms with Gasteiger partial charge in [0.1, 0.15) is 6.33 Å². The molecule has 1 heterocycles. The molecule has 0 bridgehead atoms. The van der Waals surface area contributed by atoms with E-state index in [0.29, 0.717) is 0 Å². The van der Waals surface area contributed by atoms with Gasteiger partial charge in [-0.25, -0.2) is 9.97 Å². The molecule has 0 saturated heterocycles. The van der Waals surface area contributed by atoms with Crippen LogP contribution in [0.2, 0.25) is 0 Å². The Morgan fingerprint density at radius 3 is 2.82 bits per heavy atom. The molecule has 0 amide bonds. The van der Waals surface area contributed by atoms with E-state index in [-0.39, 0.29) is 0 Å². The maximum absolute atomic E-state index is 3.89. The van der Waals surface area contributed by atoms with Crippen molar-refractivity contribution in [1.82, 2.24) is 15.3 Å². The second-order valence-electron chi connectivity index (χ2n) is 2.17. The molecule has 0 fully saturated rings. The smallest absolute Gasteiger partial charge is 0.115 e. The molecule has 0 unspecified atom stereocenters. The summed E-state index contributed by atoms with van der Waals surface area (Å²) in [6, 6.07) is 0. The Balaban J connectivity index is 2.33. The van der Waals surface area contributed by atoms with Gasteiger partial charge in [-0.2, -0.15) is 0 Å². The summed E-state index contributed by atoms with van der Waals surface area (Å²) in [4.78, 5) is 7.77. The van der Waals surface area contributed by atoms with Gasteiger partial charge < -0.3 is 5.32 Å². The molecule has 0 aromatic carbocycles. The Morgan fingerprint density at radius 1 is 1.45 bits per heavy atom.